The summed E-state index contributed by atoms with van der Waals surface area (Å²) >= 11 is 0. The zero-order valence-corrected chi connectivity index (χ0v) is 12.1. The number of unbranched alkanes of at least 4 members (excludes halogenated alkanes) is 6. The molecule has 1 heteroatoms. The van der Waals surface area contributed by atoms with Crippen molar-refractivity contribution < 1.29 is 4.74 Å². The molecule has 18 heavy (non-hydrogen) atoms. The highest BCUT2D eigenvalue weighted by Gasteiger charge is 1.96. The number of ether oxygens (including phenoxy) is 1. The van der Waals surface area contributed by atoms with Crippen LogP contribution in [0.3, 0.4) is 0 Å². The zero-order valence-electron chi connectivity index (χ0n) is 12.1. The van der Waals surface area contributed by atoms with Crippen LogP contribution in [0.25, 0.3) is 0 Å². The van der Waals surface area contributed by atoms with Gasteiger partial charge < -0.3 is 4.74 Å². The van der Waals surface area contributed by atoms with E-state index in [0.717, 1.165) is 12.4 Å². The van der Waals surface area contributed by atoms with E-state index in [0.29, 0.717) is 0 Å². The first kappa shape index (κ1) is 15.1. The van der Waals surface area contributed by atoms with Gasteiger partial charge in [0.1, 0.15) is 5.75 Å². The normalized spacial score (nSPS) is 10.6. The van der Waals surface area contributed by atoms with E-state index in [9.17, 15) is 0 Å². The lowest BCUT2D eigenvalue weighted by atomic mass is 10.0. The van der Waals surface area contributed by atoms with Crippen molar-refractivity contribution in [3.63, 3.8) is 0 Å². The third kappa shape index (κ3) is 6.68. The average Bonchev–Trinajstić information content (AvgIpc) is 2.40. The van der Waals surface area contributed by atoms with E-state index < -0.39 is 0 Å². The van der Waals surface area contributed by atoms with Crippen molar-refractivity contribution in [2.75, 3.05) is 6.61 Å². The van der Waals surface area contributed by atoms with Crippen LogP contribution >= 0.6 is 0 Å². The minimum atomic E-state index is 0.747. The molecule has 0 aliphatic rings. The summed E-state index contributed by atoms with van der Waals surface area (Å²) in [6.07, 6.45) is 10.9. The van der Waals surface area contributed by atoms with Crippen LogP contribution in [0.2, 0.25) is 0 Å². The molecule has 0 heterocycles. The molecule has 0 aliphatic carbocycles. The van der Waals surface area contributed by atoms with Crippen LogP contribution in [0.4, 0.5) is 0 Å². The van der Waals surface area contributed by atoms with Gasteiger partial charge in [-0.3, -0.25) is 0 Å². The van der Waals surface area contributed by atoms with Crippen LogP contribution in [0.1, 0.15) is 64.4 Å². The second kappa shape index (κ2) is 9.99. The summed E-state index contributed by atoms with van der Waals surface area (Å²) in [6.45, 7) is 5.04. The molecule has 0 saturated carbocycles. The number of aryl methyl sites for hydroxylation is 1. The van der Waals surface area contributed by atoms with Crippen LogP contribution in [-0.2, 0) is 6.42 Å². The van der Waals surface area contributed by atoms with Gasteiger partial charge in [0, 0.05) is 0 Å². The van der Waals surface area contributed by atoms with Crippen LogP contribution in [0.5, 0.6) is 5.75 Å². The molecule has 0 aromatic heterocycles. The first-order chi connectivity index (χ1) is 8.86. The molecule has 0 atom stereocenters. The second-order valence-corrected chi connectivity index (χ2v) is 4.95. The van der Waals surface area contributed by atoms with Gasteiger partial charge >= 0.3 is 0 Å². The van der Waals surface area contributed by atoms with E-state index in [4.69, 9.17) is 4.74 Å². The lowest BCUT2D eigenvalue weighted by Crippen LogP contribution is -1.92. The molecule has 0 N–H and O–H groups in total. The van der Waals surface area contributed by atoms with Gasteiger partial charge in [-0.1, -0.05) is 57.6 Å². The van der Waals surface area contributed by atoms with Crippen molar-refractivity contribution in [1.29, 1.82) is 0 Å². The van der Waals surface area contributed by atoms with Crippen LogP contribution in [-0.4, -0.2) is 6.61 Å². The summed E-state index contributed by atoms with van der Waals surface area (Å²) in [5.74, 6) is 0.987. The summed E-state index contributed by atoms with van der Waals surface area (Å²) in [5.41, 5.74) is 1.44. The molecule has 1 rings (SSSR count). The lowest BCUT2D eigenvalue weighted by Gasteiger charge is -2.05. The maximum atomic E-state index is 5.44. The molecule has 0 bridgehead atoms. The monoisotopic (exact) mass is 248 g/mol. The molecule has 0 radical (unpaired) electrons. The SMILES string of the molecule is CCCCCCCCCc1ccc(OCC)cc1. The van der Waals surface area contributed by atoms with Crippen LogP contribution in [0, 0.1) is 0 Å². The van der Waals surface area contributed by atoms with E-state index in [1.165, 1.54) is 56.9 Å². The van der Waals surface area contributed by atoms with E-state index in [1.807, 2.05) is 6.92 Å². The Kier molecular flexibility index (Phi) is 8.37. The molecule has 0 aliphatic heterocycles. The number of hydrogen-bond donors (Lipinski definition) is 0. The van der Waals surface area contributed by atoms with Gasteiger partial charge in [-0.05, 0) is 37.5 Å². The van der Waals surface area contributed by atoms with E-state index in [-0.39, 0.29) is 0 Å². The summed E-state index contributed by atoms with van der Waals surface area (Å²) in [5, 5.41) is 0. The molecule has 102 valence electrons. The molecule has 0 saturated heterocycles. The summed E-state index contributed by atoms with van der Waals surface area (Å²) < 4.78 is 5.44. The Bertz CT molecular complexity index is 289. The Morgan fingerprint density at radius 3 is 2.00 bits per heavy atom. The minimum Gasteiger partial charge on any atom is -0.494 e. The minimum absolute atomic E-state index is 0.747. The highest BCUT2D eigenvalue weighted by molar-refractivity contribution is 5.27. The van der Waals surface area contributed by atoms with Crippen LogP contribution < -0.4 is 4.74 Å². The molecule has 0 unspecified atom stereocenters. The van der Waals surface area contributed by atoms with Crippen molar-refractivity contribution in [1.82, 2.24) is 0 Å². The summed E-state index contributed by atoms with van der Waals surface area (Å²) in [4.78, 5) is 0. The third-order valence-corrected chi connectivity index (χ3v) is 3.30. The quantitative estimate of drug-likeness (QED) is 0.505. The smallest absolute Gasteiger partial charge is 0.119 e. The van der Waals surface area contributed by atoms with E-state index >= 15 is 0 Å². The topological polar surface area (TPSA) is 9.23 Å². The fraction of sp³-hybridized carbons (Fsp3) is 0.647. The second-order valence-electron chi connectivity index (χ2n) is 4.95. The third-order valence-electron chi connectivity index (χ3n) is 3.30. The van der Waals surface area contributed by atoms with Gasteiger partial charge in [-0.2, -0.15) is 0 Å². The Hall–Kier alpha value is -0.980. The number of benzene rings is 1. The predicted molar refractivity (Wildman–Crippen MR) is 79.3 cm³/mol. The molecule has 0 amide bonds. The van der Waals surface area contributed by atoms with Crippen molar-refractivity contribution >= 4 is 0 Å². The average molecular weight is 248 g/mol. The molecule has 0 fully saturated rings. The van der Waals surface area contributed by atoms with Crippen molar-refractivity contribution in [3.05, 3.63) is 29.8 Å². The van der Waals surface area contributed by atoms with E-state index in [2.05, 4.69) is 31.2 Å². The Morgan fingerprint density at radius 1 is 0.778 bits per heavy atom. The van der Waals surface area contributed by atoms with Crippen LogP contribution in [0.15, 0.2) is 24.3 Å². The maximum Gasteiger partial charge on any atom is 0.119 e. The lowest BCUT2D eigenvalue weighted by molar-refractivity contribution is 0.340. The largest absolute Gasteiger partial charge is 0.494 e. The van der Waals surface area contributed by atoms with Gasteiger partial charge in [0.15, 0.2) is 0 Å². The van der Waals surface area contributed by atoms with Crippen molar-refractivity contribution in [2.45, 2.75) is 65.2 Å². The van der Waals surface area contributed by atoms with Gasteiger partial charge in [-0.15, -0.1) is 0 Å². The summed E-state index contributed by atoms with van der Waals surface area (Å²) in [7, 11) is 0. The Labute approximate surface area is 113 Å². The molecule has 1 aromatic rings. The summed E-state index contributed by atoms with van der Waals surface area (Å²) in [6, 6.07) is 8.56. The molecule has 1 aromatic carbocycles. The Morgan fingerprint density at radius 2 is 1.39 bits per heavy atom. The molecular formula is C17H28O. The number of rotatable bonds is 10. The molecule has 1 nitrogen and oxygen atoms in total. The fourth-order valence-corrected chi connectivity index (χ4v) is 2.21. The van der Waals surface area contributed by atoms with Gasteiger partial charge in [0.25, 0.3) is 0 Å². The maximum absolute atomic E-state index is 5.44. The zero-order chi connectivity index (χ0) is 13.1. The first-order valence-electron chi connectivity index (χ1n) is 7.58. The van der Waals surface area contributed by atoms with Crippen molar-refractivity contribution in [2.24, 2.45) is 0 Å². The van der Waals surface area contributed by atoms with Gasteiger partial charge in [0.2, 0.25) is 0 Å². The highest BCUT2D eigenvalue weighted by atomic mass is 16.5. The fourth-order valence-electron chi connectivity index (χ4n) is 2.21. The molecular weight excluding hydrogens is 220 g/mol. The molecule has 0 spiro atoms. The standard InChI is InChI=1S/C17H28O/c1-3-5-6-7-8-9-10-11-16-12-14-17(15-13-16)18-4-2/h12-15H,3-11H2,1-2H3. The van der Waals surface area contributed by atoms with Gasteiger partial charge in [-0.25, -0.2) is 0 Å². The van der Waals surface area contributed by atoms with E-state index in [1.54, 1.807) is 0 Å². The highest BCUT2D eigenvalue weighted by Crippen LogP contribution is 2.15. The van der Waals surface area contributed by atoms with Gasteiger partial charge in [0.05, 0.1) is 6.61 Å². The first-order valence-corrected chi connectivity index (χ1v) is 7.58. The van der Waals surface area contributed by atoms with Crippen molar-refractivity contribution in [3.8, 4) is 5.75 Å². The number of hydrogen-bond acceptors (Lipinski definition) is 1. The predicted octanol–water partition coefficient (Wildman–Crippen LogP) is 5.38. The Balaban J connectivity index is 2.08.